The minimum absolute atomic E-state index is 0.166. The van der Waals surface area contributed by atoms with Gasteiger partial charge in [0, 0.05) is 11.6 Å². The third-order valence-corrected chi connectivity index (χ3v) is 4.28. The van der Waals surface area contributed by atoms with Crippen LogP contribution in [-0.2, 0) is 6.61 Å². The summed E-state index contributed by atoms with van der Waals surface area (Å²) >= 11 is 0. The van der Waals surface area contributed by atoms with Gasteiger partial charge in [0.15, 0.2) is 18.1 Å². The molecule has 4 aromatic rings. The van der Waals surface area contributed by atoms with Crippen molar-refractivity contribution >= 4 is 11.0 Å². The van der Waals surface area contributed by atoms with E-state index in [0.717, 1.165) is 16.6 Å². The van der Waals surface area contributed by atoms with E-state index in [1.807, 2.05) is 48.8 Å². The Morgan fingerprint density at radius 3 is 2.70 bits per heavy atom. The zero-order valence-electron chi connectivity index (χ0n) is 15.4. The van der Waals surface area contributed by atoms with Crippen LogP contribution in [0.4, 0.5) is 0 Å². The van der Waals surface area contributed by atoms with Crippen molar-refractivity contribution in [1.29, 1.82) is 0 Å². The average molecular weight is 364 g/mol. The standard InChI is InChI=1S/C20H20N4O3/c1-13(2)24-12-21-15-9-8-14(10-16(15)24)20-22-19(27-23-20)11-26-18-7-5-4-6-17(18)25-3/h4-10,12-13H,11H2,1-3H3. The molecule has 0 bridgehead atoms. The number of fused-ring (bicyclic) bond motifs is 1. The molecule has 27 heavy (non-hydrogen) atoms. The van der Waals surface area contributed by atoms with Gasteiger partial charge < -0.3 is 18.6 Å². The molecule has 0 unspecified atom stereocenters. The second kappa shape index (κ2) is 7.11. The lowest BCUT2D eigenvalue weighted by atomic mass is 10.2. The van der Waals surface area contributed by atoms with E-state index in [-0.39, 0.29) is 6.61 Å². The van der Waals surface area contributed by atoms with E-state index in [2.05, 4.69) is 33.5 Å². The van der Waals surface area contributed by atoms with Crippen molar-refractivity contribution in [3.63, 3.8) is 0 Å². The maximum atomic E-state index is 5.74. The normalized spacial score (nSPS) is 11.3. The molecule has 4 rings (SSSR count). The maximum Gasteiger partial charge on any atom is 0.264 e. The molecule has 0 N–H and O–H groups in total. The number of aromatic nitrogens is 4. The third-order valence-electron chi connectivity index (χ3n) is 4.28. The van der Waals surface area contributed by atoms with Crippen molar-refractivity contribution in [2.75, 3.05) is 7.11 Å². The molecule has 7 heteroatoms. The summed E-state index contributed by atoms with van der Waals surface area (Å²) in [4.78, 5) is 8.87. The van der Waals surface area contributed by atoms with Gasteiger partial charge >= 0.3 is 0 Å². The first-order chi connectivity index (χ1) is 13.2. The molecule has 7 nitrogen and oxygen atoms in total. The van der Waals surface area contributed by atoms with Crippen LogP contribution in [0.1, 0.15) is 25.8 Å². The highest BCUT2D eigenvalue weighted by molar-refractivity contribution is 5.80. The number of para-hydroxylation sites is 2. The van der Waals surface area contributed by atoms with E-state index in [4.69, 9.17) is 14.0 Å². The molecule has 0 atom stereocenters. The molecule has 0 spiro atoms. The molecule has 0 aliphatic carbocycles. The SMILES string of the molecule is COc1ccccc1OCc1nc(-c2ccc3ncn(C(C)C)c3c2)no1. The predicted molar refractivity (Wildman–Crippen MR) is 101 cm³/mol. The summed E-state index contributed by atoms with van der Waals surface area (Å²) in [6.07, 6.45) is 1.85. The number of methoxy groups -OCH3 is 1. The number of rotatable bonds is 6. The Labute approximate surface area is 156 Å². The van der Waals surface area contributed by atoms with Crippen LogP contribution in [0.2, 0.25) is 0 Å². The lowest BCUT2D eigenvalue weighted by molar-refractivity contribution is 0.233. The third kappa shape index (κ3) is 3.36. The topological polar surface area (TPSA) is 75.2 Å². The maximum absolute atomic E-state index is 5.74. The second-order valence-electron chi connectivity index (χ2n) is 6.40. The van der Waals surface area contributed by atoms with Crippen LogP contribution in [0.25, 0.3) is 22.4 Å². The fourth-order valence-electron chi connectivity index (χ4n) is 2.88. The summed E-state index contributed by atoms with van der Waals surface area (Å²) in [5, 5.41) is 4.08. The highest BCUT2D eigenvalue weighted by atomic mass is 16.5. The van der Waals surface area contributed by atoms with Gasteiger partial charge in [0.2, 0.25) is 5.82 Å². The first-order valence-corrected chi connectivity index (χ1v) is 8.71. The second-order valence-corrected chi connectivity index (χ2v) is 6.40. The van der Waals surface area contributed by atoms with Crippen molar-refractivity contribution in [2.45, 2.75) is 26.5 Å². The van der Waals surface area contributed by atoms with Gasteiger partial charge in [-0.3, -0.25) is 0 Å². The number of hydrogen-bond acceptors (Lipinski definition) is 6. The van der Waals surface area contributed by atoms with E-state index in [9.17, 15) is 0 Å². The van der Waals surface area contributed by atoms with Crippen molar-refractivity contribution in [3.8, 4) is 22.9 Å². The highest BCUT2D eigenvalue weighted by Gasteiger charge is 2.13. The highest BCUT2D eigenvalue weighted by Crippen LogP contribution is 2.27. The minimum Gasteiger partial charge on any atom is -0.493 e. The number of imidazole rings is 1. The van der Waals surface area contributed by atoms with E-state index >= 15 is 0 Å². The predicted octanol–water partition coefficient (Wildman–Crippen LogP) is 4.25. The molecular weight excluding hydrogens is 344 g/mol. The Hall–Kier alpha value is -3.35. The summed E-state index contributed by atoms with van der Waals surface area (Å²) in [6, 6.07) is 13.7. The lowest BCUT2D eigenvalue weighted by Gasteiger charge is -2.08. The van der Waals surface area contributed by atoms with E-state index in [1.54, 1.807) is 7.11 Å². The van der Waals surface area contributed by atoms with Crippen molar-refractivity contribution in [3.05, 3.63) is 54.7 Å². The van der Waals surface area contributed by atoms with Crippen LogP contribution >= 0.6 is 0 Å². The molecule has 2 heterocycles. The molecule has 0 aliphatic heterocycles. The molecule has 138 valence electrons. The Morgan fingerprint density at radius 2 is 1.93 bits per heavy atom. The van der Waals surface area contributed by atoms with Gasteiger partial charge in [-0.25, -0.2) is 4.98 Å². The van der Waals surface area contributed by atoms with Crippen molar-refractivity contribution < 1.29 is 14.0 Å². The van der Waals surface area contributed by atoms with E-state index in [1.165, 1.54) is 0 Å². The summed E-state index contributed by atoms with van der Waals surface area (Å²) in [7, 11) is 1.60. The molecule has 2 aromatic carbocycles. The zero-order valence-corrected chi connectivity index (χ0v) is 15.4. The van der Waals surface area contributed by atoms with Crippen molar-refractivity contribution in [1.82, 2.24) is 19.7 Å². The van der Waals surface area contributed by atoms with Gasteiger partial charge in [-0.2, -0.15) is 4.98 Å². The first-order valence-electron chi connectivity index (χ1n) is 8.71. The Bertz CT molecular complexity index is 1070. The van der Waals surface area contributed by atoms with Crippen molar-refractivity contribution in [2.24, 2.45) is 0 Å². The molecule has 0 fully saturated rings. The fourth-order valence-corrected chi connectivity index (χ4v) is 2.88. The number of ether oxygens (including phenoxy) is 2. The lowest BCUT2D eigenvalue weighted by Crippen LogP contribution is -1.98. The summed E-state index contributed by atoms with van der Waals surface area (Å²) < 4.78 is 18.5. The van der Waals surface area contributed by atoms with Crippen LogP contribution in [0, 0.1) is 0 Å². The molecular formula is C20H20N4O3. The Morgan fingerprint density at radius 1 is 1.11 bits per heavy atom. The van der Waals surface area contributed by atoms with Gasteiger partial charge in [-0.15, -0.1) is 0 Å². The minimum atomic E-state index is 0.166. The first kappa shape index (κ1) is 17.1. The Kier molecular flexibility index (Phi) is 4.50. The molecule has 0 saturated heterocycles. The van der Waals surface area contributed by atoms with Gasteiger partial charge in [0.25, 0.3) is 5.89 Å². The largest absolute Gasteiger partial charge is 0.493 e. The fraction of sp³-hybridized carbons (Fsp3) is 0.250. The van der Waals surface area contributed by atoms with Crippen LogP contribution in [-0.4, -0.2) is 26.8 Å². The summed E-state index contributed by atoms with van der Waals surface area (Å²) in [5.41, 5.74) is 2.85. The quantitative estimate of drug-likeness (QED) is 0.509. The smallest absolute Gasteiger partial charge is 0.264 e. The molecule has 0 radical (unpaired) electrons. The van der Waals surface area contributed by atoms with Crippen LogP contribution in [0.15, 0.2) is 53.3 Å². The van der Waals surface area contributed by atoms with Crippen LogP contribution in [0.3, 0.4) is 0 Å². The number of hydrogen-bond donors (Lipinski definition) is 0. The summed E-state index contributed by atoms with van der Waals surface area (Å²) in [6.45, 7) is 4.41. The van der Waals surface area contributed by atoms with Crippen LogP contribution < -0.4 is 9.47 Å². The zero-order chi connectivity index (χ0) is 18.8. The van der Waals surface area contributed by atoms with Gasteiger partial charge in [0.1, 0.15) is 0 Å². The van der Waals surface area contributed by atoms with Gasteiger partial charge in [-0.05, 0) is 44.2 Å². The molecule has 0 saturated carbocycles. The van der Waals surface area contributed by atoms with E-state index in [0.29, 0.717) is 29.3 Å². The van der Waals surface area contributed by atoms with Gasteiger partial charge in [0.05, 0.1) is 24.5 Å². The molecule has 0 aliphatic rings. The molecule has 2 aromatic heterocycles. The van der Waals surface area contributed by atoms with E-state index < -0.39 is 0 Å². The monoisotopic (exact) mass is 364 g/mol. The average Bonchev–Trinajstić information content (AvgIpc) is 3.33. The van der Waals surface area contributed by atoms with Gasteiger partial charge in [-0.1, -0.05) is 17.3 Å². The number of benzene rings is 2. The molecule has 0 amide bonds. The number of nitrogens with zero attached hydrogens (tertiary/aromatic N) is 4. The Balaban J connectivity index is 1.55. The van der Waals surface area contributed by atoms with Crippen LogP contribution in [0.5, 0.6) is 11.5 Å². The summed E-state index contributed by atoms with van der Waals surface area (Å²) in [5.74, 6) is 2.20.